The number of thiophene rings is 1. The van der Waals surface area contributed by atoms with Crippen LogP contribution in [0.5, 0.6) is 0 Å². The van der Waals surface area contributed by atoms with Crippen LogP contribution in [0.4, 0.5) is 5.82 Å². The first-order valence-electron chi connectivity index (χ1n) is 7.13. The quantitative estimate of drug-likeness (QED) is 0.669. The highest BCUT2D eigenvalue weighted by Crippen LogP contribution is 2.31. The van der Waals surface area contributed by atoms with Crippen molar-refractivity contribution < 1.29 is 4.42 Å². The average Bonchev–Trinajstić information content (AvgIpc) is 3.13. The number of halogens is 1. The molecule has 0 bridgehead atoms. The van der Waals surface area contributed by atoms with Crippen LogP contribution in [0.2, 0.25) is 5.28 Å². The SMILES string of the molecule is CCC(N)Cc1cc2nc(Cl)nc(NCc3ccco3)c2s1. The number of nitrogens with zero attached hydrogens (tertiary/aromatic N) is 2. The Morgan fingerprint density at radius 2 is 2.32 bits per heavy atom. The maximum absolute atomic E-state index is 6.03. The van der Waals surface area contributed by atoms with E-state index in [-0.39, 0.29) is 11.3 Å². The van der Waals surface area contributed by atoms with Crippen molar-refractivity contribution in [3.63, 3.8) is 0 Å². The molecule has 3 aromatic rings. The van der Waals surface area contributed by atoms with Crippen LogP contribution in [0.15, 0.2) is 28.9 Å². The Labute approximate surface area is 137 Å². The summed E-state index contributed by atoms with van der Waals surface area (Å²) >= 11 is 7.68. The third-order valence-corrected chi connectivity index (χ3v) is 4.72. The minimum atomic E-state index is 0.163. The number of hydrogen-bond acceptors (Lipinski definition) is 6. The van der Waals surface area contributed by atoms with Crippen molar-refractivity contribution in [1.82, 2.24) is 9.97 Å². The predicted molar refractivity (Wildman–Crippen MR) is 90.4 cm³/mol. The van der Waals surface area contributed by atoms with Gasteiger partial charge in [-0.15, -0.1) is 11.3 Å². The summed E-state index contributed by atoms with van der Waals surface area (Å²) in [4.78, 5) is 9.79. The molecule has 1 unspecified atom stereocenters. The van der Waals surface area contributed by atoms with E-state index in [1.165, 1.54) is 4.88 Å². The number of fused-ring (bicyclic) bond motifs is 1. The second kappa shape index (κ2) is 6.64. The minimum Gasteiger partial charge on any atom is -0.467 e. The van der Waals surface area contributed by atoms with Crippen LogP contribution < -0.4 is 11.1 Å². The van der Waals surface area contributed by atoms with E-state index in [2.05, 4.69) is 22.2 Å². The molecule has 0 saturated heterocycles. The molecule has 0 spiro atoms. The van der Waals surface area contributed by atoms with Crippen molar-refractivity contribution in [3.8, 4) is 0 Å². The molecule has 0 radical (unpaired) electrons. The Bertz CT molecular complexity index is 756. The van der Waals surface area contributed by atoms with Crippen molar-refractivity contribution in [2.45, 2.75) is 32.4 Å². The zero-order valence-electron chi connectivity index (χ0n) is 12.2. The number of nitrogens with one attached hydrogen (secondary N) is 1. The van der Waals surface area contributed by atoms with Crippen molar-refractivity contribution >= 4 is 39.0 Å². The Morgan fingerprint density at radius 1 is 1.45 bits per heavy atom. The van der Waals surface area contributed by atoms with Crippen LogP contribution in [0.1, 0.15) is 24.0 Å². The highest BCUT2D eigenvalue weighted by molar-refractivity contribution is 7.19. The van der Waals surface area contributed by atoms with Gasteiger partial charge in [0, 0.05) is 10.9 Å². The van der Waals surface area contributed by atoms with Crippen LogP contribution in [-0.2, 0) is 13.0 Å². The van der Waals surface area contributed by atoms with Gasteiger partial charge < -0.3 is 15.5 Å². The second-order valence-electron chi connectivity index (χ2n) is 5.07. The van der Waals surface area contributed by atoms with Crippen LogP contribution >= 0.6 is 22.9 Å². The Balaban J connectivity index is 1.87. The van der Waals surface area contributed by atoms with Gasteiger partial charge >= 0.3 is 0 Å². The van der Waals surface area contributed by atoms with E-state index in [0.29, 0.717) is 6.54 Å². The molecule has 116 valence electrons. The molecule has 22 heavy (non-hydrogen) atoms. The molecule has 1 atom stereocenters. The fraction of sp³-hybridized carbons (Fsp3) is 0.333. The fourth-order valence-electron chi connectivity index (χ4n) is 2.16. The molecule has 5 nitrogen and oxygen atoms in total. The predicted octanol–water partition coefficient (Wildman–Crippen LogP) is 3.83. The summed E-state index contributed by atoms with van der Waals surface area (Å²) in [5.74, 6) is 1.57. The van der Waals surface area contributed by atoms with Gasteiger partial charge in [-0.05, 0) is 42.6 Å². The summed E-state index contributed by atoms with van der Waals surface area (Å²) in [7, 11) is 0. The molecule has 3 N–H and O–H groups in total. The molecule has 7 heteroatoms. The van der Waals surface area contributed by atoms with E-state index < -0.39 is 0 Å². The first-order valence-corrected chi connectivity index (χ1v) is 8.33. The highest BCUT2D eigenvalue weighted by atomic mass is 35.5. The smallest absolute Gasteiger partial charge is 0.224 e. The van der Waals surface area contributed by atoms with Gasteiger partial charge in [0.2, 0.25) is 5.28 Å². The summed E-state index contributed by atoms with van der Waals surface area (Å²) in [5, 5.41) is 3.50. The number of anilines is 1. The summed E-state index contributed by atoms with van der Waals surface area (Å²) in [6.45, 7) is 2.64. The molecule has 0 amide bonds. The Morgan fingerprint density at radius 3 is 3.05 bits per heavy atom. The van der Waals surface area contributed by atoms with Crippen LogP contribution in [-0.4, -0.2) is 16.0 Å². The lowest BCUT2D eigenvalue weighted by molar-refractivity contribution is 0.518. The van der Waals surface area contributed by atoms with Crippen LogP contribution in [0, 0.1) is 0 Å². The first kappa shape index (κ1) is 15.3. The molecule has 0 aromatic carbocycles. The second-order valence-corrected chi connectivity index (χ2v) is 6.55. The molecular formula is C15H17ClN4OS. The molecule has 3 aromatic heterocycles. The maximum Gasteiger partial charge on any atom is 0.224 e. The van der Waals surface area contributed by atoms with Crippen molar-refractivity contribution in [2.75, 3.05) is 5.32 Å². The molecule has 0 aliphatic carbocycles. The van der Waals surface area contributed by atoms with E-state index in [0.717, 1.165) is 34.6 Å². The van der Waals surface area contributed by atoms with Crippen LogP contribution in [0.25, 0.3) is 10.2 Å². The van der Waals surface area contributed by atoms with Crippen molar-refractivity contribution in [1.29, 1.82) is 0 Å². The maximum atomic E-state index is 6.03. The summed E-state index contributed by atoms with van der Waals surface area (Å²) in [6.07, 6.45) is 3.44. The van der Waals surface area contributed by atoms with E-state index >= 15 is 0 Å². The zero-order valence-corrected chi connectivity index (χ0v) is 13.7. The topological polar surface area (TPSA) is 77.0 Å². The number of aromatic nitrogens is 2. The van der Waals surface area contributed by atoms with Gasteiger partial charge in [-0.25, -0.2) is 4.98 Å². The first-order chi connectivity index (χ1) is 10.7. The van der Waals surface area contributed by atoms with E-state index in [1.807, 2.05) is 18.2 Å². The van der Waals surface area contributed by atoms with Crippen molar-refractivity contribution in [3.05, 3.63) is 40.4 Å². The lowest BCUT2D eigenvalue weighted by Crippen LogP contribution is -2.20. The Kier molecular flexibility index (Phi) is 4.61. The van der Waals surface area contributed by atoms with Gasteiger partial charge in [0.15, 0.2) is 0 Å². The van der Waals surface area contributed by atoms with Gasteiger partial charge in [-0.1, -0.05) is 6.92 Å². The molecule has 3 heterocycles. The summed E-state index contributed by atoms with van der Waals surface area (Å²) < 4.78 is 6.31. The summed E-state index contributed by atoms with van der Waals surface area (Å²) in [5.41, 5.74) is 6.89. The lowest BCUT2D eigenvalue weighted by Gasteiger charge is -2.05. The van der Waals surface area contributed by atoms with E-state index in [4.69, 9.17) is 21.8 Å². The van der Waals surface area contributed by atoms with Crippen LogP contribution in [0.3, 0.4) is 0 Å². The average molecular weight is 337 g/mol. The lowest BCUT2D eigenvalue weighted by atomic mass is 10.1. The van der Waals surface area contributed by atoms with Crippen molar-refractivity contribution in [2.24, 2.45) is 5.73 Å². The van der Waals surface area contributed by atoms with E-state index in [9.17, 15) is 0 Å². The molecule has 3 rings (SSSR count). The molecule has 0 fully saturated rings. The van der Waals surface area contributed by atoms with Gasteiger partial charge in [0.1, 0.15) is 11.6 Å². The normalized spacial score (nSPS) is 12.7. The summed E-state index contributed by atoms with van der Waals surface area (Å²) in [6, 6.07) is 5.97. The number of hydrogen-bond donors (Lipinski definition) is 2. The van der Waals surface area contributed by atoms with E-state index in [1.54, 1.807) is 17.6 Å². The molecule has 0 aliphatic heterocycles. The fourth-order valence-corrected chi connectivity index (χ4v) is 3.49. The highest BCUT2D eigenvalue weighted by Gasteiger charge is 2.13. The van der Waals surface area contributed by atoms with Gasteiger partial charge in [0.25, 0.3) is 0 Å². The zero-order chi connectivity index (χ0) is 15.5. The largest absolute Gasteiger partial charge is 0.467 e. The third-order valence-electron chi connectivity index (χ3n) is 3.39. The van der Waals surface area contributed by atoms with Gasteiger partial charge in [0.05, 0.1) is 23.0 Å². The Hall–Kier alpha value is -1.63. The standard InChI is InChI=1S/C15H17ClN4OS/c1-2-9(17)6-11-7-12-13(22-11)14(20-15(16)19-12)18-8-10-4-3-5-21-10/h3-5,7,9H,2,6,8,17H2,1H3,(H,18,19,20). The van der Waals surface area contributed by atoms with Gasteiger partial charge in [-0.3, -0.25) is 0 Å². The minimum absolute atomic E-state index is 0.163. The molecular weight excluding hydrogens is 320 g/mol. The monoisotopic (exact) mass is 336 g/mol. The molecule has 0 aliphatic rings. The third kappa shape index (κ3) is 3.40. The number of rotatable bonds is 6. The number of furan rings is 1. The number of nitrogens with two attached hydrogens (primary N) is 1. The van der Waals surface area contributed by atoms with Gasteiger partial charge in [-0.2, -0.15) is 4.98 Å². The molecule has 0 saturated carbocycles.